The molecule has 1 aromatic carbocycles. The Labute approximate surface area is 145 Å². The van der Waals surface area contributed by atoms with Gasteiger partial charge in [-0.25, -0.2) is 4.98 Å². The van der Waals surface area contributed by atoms with Crippen LogP contribution in [0.1, 0.15) is 43.9 Å². The van der Waals surface area contributed by atoms with Gasteiger partial charge in [-0.1, -0.05) is 25.0 Å². The molecule has 0 amide bonds. The van der Waals surface area contributed by atoms with Gasteiger partial charge in [-0.3, -0.25) is 0 Å². The third kappa shape index (κ3) is 3.86. The summed E-state index contributed by atoms with van der Waals surface area (Å²) in [6.07, 6.45) is 5.11. The van der Waals surface area contributed by atoms with E-state index in [-0.39, 0.29) is 0 Å². The third-order valence-corrected chi connectivity index (χ3v) is 4.62. The summed E-state index contributed by atoms with van der Waals surface area (Å²) >= 11 is 0. The maximum Gasteiger partial charge on any atom is 0.227 e. The highest BCUT2D eigenvalue weighted by atomic mass is 15.3. The SMILES string of the molecule is CCN(c1cccc(C)c1)c1cc(C)nc(N2CCCCCC2)n1. The molecule has 0 bridgehead atoms. The molecule has 1 aliphatic rings. The Morgan fingerprint density at radius 3 is 2.42 bits per heavy atom. The lowest BCUT2D eigenvalue weighted by atomic mass is 10.2. The maximum atomic E-state index is 4.92. The van der Waals surface area contributed by atoms with Gasteiger partial charge in [-0.2, -0.15) is 4.98 Å². The number of benzene rings is 1. The molecular formula is C20H28N4. The van der Waals surface area contributed by atoms with Gasteiger partial charge in [0.05, 0.1) is 0 Å². The zero-order chi connectivity index (χ0) is 16.9. The Balaban J connectivity index is 1.94. The van der Waals surface area contributed by atoms with Crippen molar-refractivity contribution in [2.45, 2.75) is 46.5 Å². The first-order valence-corrected chi connectivity index (χ1v) is 9.12. The van der Waals surface area contributed by atoms with Gasteiger partial charge in [0.2, 0.25) is 5.95 Å². The first-order valence-electron chi connectivity index (χ1n) is 9.12. The predicted octanol–water partition coefficient (Wildman–Crippen LogP) is 4.63. The number of hydrogen-bond donors (Lipinski definition) is 0. The summed E-state index contributed by atoms with van der Waals surface area (Å²) in [6, 6.07) is 10.7. The van der Waals surface area contributed by atoms with Crippen LogP contribution in [0.25, 0.3) is 0 Å². The van der Waals surface area contributed by atoms with E-state index >= 15 is 0 Å². The first kappa shape index (κ1) is 16.7. The summed E-state index contributed by atoms with van der Waals surface area (Å²) in [7, 11) is 0. The van der Waals surface area contributed by atoms with Crippen molar-refractivity contribution in [2.24, 2.45) is 0 Å². The van der Waals surface area contributed by atoms with Crippen LogP contribution in [-0.4, -0.2) is 29.6 Å². The van der Waals surface area contributed by atoms with E-state index in [0.717, 1.165) is 37.1 Å². The molecule has 1 fully saturated rings. The Bertz CT molecular complexity index is 675. The summed E-state index contributed by atoms with van der Waals surface area (Å²) in [5.41, 5.74) is 3.49. The fraction of sp³-hybridized carbons (Fsp3) is 0.500. The van der Waals surface area contributed by atoms with Crippen molar-refractivity contribution in [3.8, 4) is 0 Å². The van der Waals surface area contributed by atoms with Crippen molar-refractivity contribution in [1.29, 1.82) is 0 Å². The molecule has 0 atom stereocenters. The molecule has 0 spiro atoms. The van der Waals surface area contributed by atoms with Crippen LogP contribution in [0, 0.1) is 13.8 Å². The van der Waals surface area contributed by atoms with Gasteiger partial charge in [-0.05, 0) is 51.3 Å². The highest BCUT2D eigenvalue weighted by Crippen LogP contribution is 2.27. The van der Waals surface area contributed by atoms with E-state index in [2.05, 4.69) is 60.9 Å². The molecule has 1 saturated heterocycles. The average molecular weight is 324 g/mol. The minimum absolute atomic E-state index is 0.887. The lowest BCUT2D eigenvalue weighted by Gasteiger charge is -2.26. The smallest absolute Gasteiger partial charge is 0.227 e. The second kappa shape index (κ2) is 7.65. The van der Waals surface area contributed by atoms with Crippen LogP contribution >= 0.6 is 0 Å². The van der Waals surface area contributed by atoms with Crippen molar-refractivity contribution in [1.82, 2.24) is 9.97 Å². The summed E-state index contributed by atoms with van der Waals surface area (Å²) in [5, 5.41) is 0. The number of aryl methyl sites for hydroxylation is 2. The van der Waals surface area contributed by atoms with Crippen LogP contribution < -0.4 is 9.80 Å². The molecule has 4 nitrogen and oxygen atoms in total. The van der Waals surface area contributed by atoms with Crippen molar-refractivity contribution >= 4 is 17.5 Å². The van der Waals surface area contributed by atoms with Crippen molar-refractivity contribution in [2.75, 3.05) is 29.4 Å². The van der Waals surface area contributed by atoms with Crippen molar-refractivity contribution < 1.29 is 0 Å². The van der Waals surface area contributed by atoms with Gasteiger partial charge in [-0.15, -0.1) is 0 Å². The van der Waals surface area contributed by atoms with E-state index in [1.165, 1.54) is 36.9 Å². The fourth-order valence-electron chi connectivity index (χ4n) is 3.36. The number of hydrogen-bond acceptors (Lipinski definition) is 4. The molecule has 1 aromatic heterocycles. The van der Waals surface area contributed by atoms with Crippen LogP contribution in [0.2, 0.25) is 0 Å². The summed E-state index contributed by atoms with van der Waals surface area (Å²) in [6.45, 7) is 9.39. The highest BCUT2D eigenvalue weighted by molar-refractivity contribution is 5.62. The minimum atomic E-state index is 0.887. The van der Waals surface area contributed by atoms with Gasteiger partial charge >= 0.3 is 0 Å². The lowest BCUT2D eigenvalue weighted by Crippen LogP contribution is -2.27. The third-order valence-electron chi connectivity index (χ3n) is 4.62. The first-order chi connectivity index (χ1) is 11.7. The van der Waals surface area contributed by atoms with Gasteiger partial charge in [0.1, 0.15) is 5.82 Å². The Morgan fingerprint density at radius 2 is 1.75 bits per heavy atom. The Hall–Kier alpha value is -2.10. The van der Waals surface area contributed by atoms with Crippen molar-refractivity contribution in [3.05, 3.63) is 41.6 Å². The van der Waals surface area contributed by atoms with Crippen LogP contribution in [0.15, 0.2) is 30.3 Å². The molecule has 0 saturated carbocycles. The van der Waals surface area contributed by atoms with Gasteiger partial charge < -0.3 is 9.80 Å². The van der Waals surface area contributed by atoms with Crippen molar-refractivity contribution in [3.63, 3.8) is 0 Å². The molecule has 3 rings (SSSR count). The van der Waals surface area contributed by atoms with Crippen LogP contribution in [0.4, 0.5) is 17.5 Å². The molecule has 24 heavy (non-hydrogen) atoms. The molecule has 2 aromatic rings. The predicted molar refractivity (Wildman–Crippen MR) is 101 cm³/mol. The minimum Gasteiger partial charge on any atom is -0.341 e. The standard InChI is InChI=1S/C20H28N4/c1-4-24(18-11-9-10-16(2)14-18)19-15-17(3)21-20(22-19)23-12-7-5-6-8-13-23/h9-11,14-15H,4-8,12-13H2,1-3H3. The average Bonchev–Trinajstić information content (AvgIpc) is 2.84. The van der Waals surface area contributed by atoms with E-state index < -0.39 is 0 Å². The Morgan fingerprint density at radius 1 is 1.00 bits per heavy atom. The zero-order valence-electron chi connectivity index (χ0n) is 15.1. The summed E-state index contributed by atoms with van der Waals surface area (Å²) < 4.78 is 0. The molecular weight excluding hydrogens is 296 g/mol. The normalized spacial score (nSPS) is 15.2. The fourth-order valence-corrected chi connectivity index (χ4v) is 3.36. The molecule has 0 unspecified atom stereocenters. The highest BCUT2D eigenvalue weighted by Gasteiger charge is 2.16. The van der Waals surface area contributed by atoms with E-state index in [1.807, 2.05) is 0 Å². The molecule has 4 heteroatoms. The molecule has 1 aliphatic heterocycles. The second-order valence-electron chi connectivity index (χ2n) is 6.65. The van der Waals surface area contributed by atoms with Gasteiger partial charge in [0, 0.05) is 37.1 Å². The second-order valence-corrected chi connectivity index (χ2v) is 6.65. The monoisotopic (exact) mass is 324 g/mol. The maximum absolute atomic E-state index is 4.92. The number of anilines is 3. The quantitative estimate of drug-likeness (QED) is 0.820. The van der Waals surface area contributed by atoms with Gasteiger partial charge in [0.15, 0.2) is 0 Å². The molecule has 128 valence electrons. The van der Waals surface area contributed by atoms with Gasteiger partial charge in [0.25, 0.3) is 0 Å². The summed E-state index contributed by atoms with van der Waals surface area (Å²) in [5.74, 6) is 1.88. The molecule has 2 heterocycles. The summed E-state index contributed by atoms with van der Waals surface area (Å²) in [4.78, 5) is 14.3. The van der Waals surface area contributed by atoms with E-state index in [4.69, 9.17) is 9.97 Å². The number of rotatable bonds is 4. The van der Waals surface area contributed by atoms with E-state index in [0.29, 0.717) is 0 Å². The van der Waals surface area contributed by atoms with Crippen LogP contribution in [0.3, 0.4) is 0 Å². The van der Waals surface area contributed by atoms with E-state index in [9.17, 15) is 0 Å². The van der Waals surface area contributed by atoms with E-state index in [1.54, 1.807) is 0 Å². The van der Waals surface area contributed by atoms with Crippen LogP contribution in [0.5, 0.6) is 0 Å². The number of aromatic nitrogens is 2. The lowest BCUT2D eigenvalue weighted by molar-refractivity contribution is 0.726. The molecule has 0 radical (unpaired) electrons. The largest absolute Gasteiger partial charge is 0.341 e. The zero-order valence-corrected chi connectivity index (χ0v) is 15.1. The Kier molecular flexibility index (Phi) is 5.34. The van der Waals surface area contributed by atoms with Crippen LogP contribution in [-0.2, 0) is 0 Å². The molecule has 0 N–H and O–H groups in total. The number of nitrogens with zero attached hydrogens (tertiary/aromatic N) is 4. The topological polar surface area (TPSA) is 32.3 Å². The molecule has 0 aliphatic carbocycles.